The van der Waals surface area contributed by atoms with E-state index >= 15 is 0 Å². The summed E-state index contributed by atoms with van der Waals surface area (Å²) in [7, 11) is 0. The van der Waals surface area contributed by atoms with E-state index in [-0.39, 0.29) is 11.6 Å². The quantitative estimate of drug-likeness (QED) is 0.629. The molecule has 1 aromatic carbocycles. The van der Waals surface area contributed by atoms with E-state index in [2.05, 4.69) is 28.7 Å². The third-order valence-corrected chi connectivity index (χ3v) is 6.79. The van der Waals surface area contributed by atoms with Crippen LogP contribution < -0.4 is 0 Å². The van der Waals surface area contributed by atoms with Gasteiger partial charge in [0.15, 0.2) is 11.6 Å². The normalized spacial score (nSPS) is 23.9. The maximum atomic E-state index is 13.6. The molecule has 32 heavy (non-hydrogen) atoms. The van der Waals surface area contributed by atoms with Crippen molar-refractivity contribution in [1.29, 1.82) is 0 Å². The van der Waals surface area contributed by atoms with E-state index in [0.29, 0.717) is 30.1 Å². The first-order valence-corrected chi connectivity index (χ1v) is 11.7. The second kappa shape index (κ2) is 9.02. The highest BCUT2D eigenvalue weighted by Gasteiger charge is 2.50. The van der Waals surface area contributed by atoms with Gasteiger partial charge in [-0.25, -0.2) is 9.98 Å². The summed E-state index contributed by atoms with van der Waals surface area (Å²) in [5.74, 6) is -0.294. The lowest BCUT2D eigenvalue weighted by atomic mass is 9.67. The Labute approximate surface area is 190 Å². The maximum Gasteiger partial charge on any atom is 0.187 e. The van der Waals surface area contributed by atoms with Gasteiger partial charge >= 0.3 is 0 Å². The summed E-state index contributed by atoms with van der Waals surface area (Å²) < 4.78 is 0. The zero-order valence-electron chi connectivity index (χ0n) is 19.5. The van der Waals surface area contributed by atoms with Crippen LogP contribution in [0.5, 0.6) is 0 Å². The Morgan fingerprint density at radius 1 is 1.03 bits per heavy atom. The van der Waals surface area contributed by atoms with E-state index in [9.17, 15) is 9.59 Å². The van der Waals surface area contributed by atoms with Gasteiger partial charge < -0.3 is 4.90 Å². The first-order valence-electron chi connectivity index (χ1n) is 11.7. The van der Waals surface area contributed by atoms with Crippen LogP contribution in [0.1, 0.15) is 46.1 Å². The summed E-state index contributed by atoms with van der Waals surface area (Å²) in [6.07, 6.45) is 3.87. The Kier molecular flexibility index (Phi) is 6.33. The largest absolute Gasteiger partial charge is 0.304 e. The Morgan fingerprint density at radius 2 is 1.75 bits per heavy atom. The van der Waals surface area contributed by atoms with Gasteiger partial charge in [-0.3, -0.25) is 14.6 Å². The van der Waals surface area contributed by atoms with Crippen LogP contribution in [-0.4, -0.2) is 59.4 Å². The van der Waals surface area contributed by atoms with E-state index in [1.54, 1.807) is 6.21 Å². The molecule has 3 aliphatic rings. The van der Waals surface area contributed by atoms with Crippen LogP contribution in [-0.2, 0) is 16.0 Å². The summed E-state index contributed by atoms with van der Waals surface area (Å²) in [5, 5.41) is 0. The molecule has 0 N–H and O–H groups in total. The van der Waals surface area contributed by atoms with E-state index in [1.165, 1.54) is 0 Å². The van der Waals surface area contributed by atoms with Crippen molar-refractivity contribution in [3.63, 3.8) is 0 Å². The molecule has 0 radical (unpaired) electrons. The number of rotatable bonds is 8. The summed E-state index contributed by atoms with van der Waals surface area (Å²) in [6, 6.07) is 9.98. The van der Waals surface area contributed by atoms with Crippen LogP contribution >= 0.6 is 0 Å². The van der Waals surface area contributed by atoms with E-state index in [4.69, 9.17) is 4.99 Å². The average molecular weight is 433 g/mol. The molecule has 1 aliphatic carbocycles. The minimum atomic E-state index is -0.823. The standard InChI is InChI=1S/C26H32N4O2/c1-5-30(6-2)14-10-13-18-21-19(16-27-26(3,4)25(21)32)22-23(24(18)31)29-20(28-22)15-17-11-8-7-9-12-17/h7-9,11-12,16,18,21H,5-6,10,13-15H2,1-4H3. The van der Waals surface area contributed by atoms with Crippen molar-refractivity contribution in [2.75, 3.05) is 19.6 Å². The fourth-order valence-electron chi connectivity index (χ4n) is 4.82. The molecule has 6 heteroatoms. The van der Waals surface area contributed by atoms with E-state index in [0.717, 1.165) is 37.2 Å². The molecule has 0 fully saturated rings. The molecule has 6 nitrogen and oxygen atoms in total. The van der Waals surface area contributed by atoms with Gasteiger partial charge in [0.05, 0.1) is 5.92 Å². The summed E-state index contributed by atoms with van der Waals surface area (Å²) in [4.78, 5) is 43.2. The number of allylic oxidation sites excluding steroid dienone is 2. The van der Waals surface area contributed by atoms with Gasteiger partial charge in [-0.15, -0.1) is 0 Å². The third-order valence-electron chi connectivity index (χ3n) is 6.79. The monoisotopic (exact) mass is 432 g/mol. The molecule has 168 valence electrons. The first kappa shape index (κ1) is 22.5. The van der Waals surface area contributed by atoms with Crippen molar-refractivity contribution in [2.45, 2.75) is 52.5 Å². The Morgan fingerprint density at radius 3 is 2.44 bits per heavy atom. The molecule has 0 saturated heterocycles. The highest BCUT2D eigenvalue weighted by atomic mass is 16.1. The summed E-state index contributed by atoms with van der Waals surface area (Å²) >= 11 is 0. The molecule has 0 spiro atoms. The molecule has 0 saturated carbocycles. The van der Waals surface area contributed by atoms with E-state index < -0.39 is 17.4 Å². The van der Waals surface area contributed by atoms with Gasteiger partial charge in [0.2, 0.25) is 0 Å². The minimum absolute atomic E-state index is 0.00875. The number of benzene rings is 1. The zero-order valence-corrected chi connectivity index (χ0v) is 19.5. The molecule has 1 aromatic rings. The number of amidine groups is 1. The van der Waals surface area contributed by atoms with Crippen LogP contribution in [0.2, 0.25) is 0 Å². The number of Topliss-reactive ketones (excluding diaryl/α,β-unsaturated/α-hetero) is 2. The fourth-order valence-corrected chi connectivity index (χ4v) is 4.82. The van der Waals surface area contributed by atoms with Gasteiger partial charge in [-0.1, -0.05) is 44.2 Å². The lowest BCUT2D eigenvalue weighted by Crippen LogP contribution is -2.49. The van der Waals surface area contributed by atoms with Gasteiger partial charge in [0, 0.05) is 24.1 Å². The average Bonchev–Trinajstić information content (AvgIpc) is 3.20. The molecule has 2 unspecified atom stereocenters. The number of fused-ring (bicyclic) bond motifs is 2. The van der Waals surface area contributed by atoms with Gasteiger partial charge in [0.1, 0.15) is 22.8 Å². The van der Waals surface area contributed by atoms with Gasteiger partial charge in [0.25, 0.3) is 0 Å². The van der Waals surface area contributed by atoms with Gasteiger partial charge in [-0.05, 0) is 51.9 Å². The second-order valence-electron chi connectivity index (χ2n) is 9.25. The topological polar surface area (TPSA) is 74.5 Å². The second-order valence-corrected chi connectivity index (χ2v) is 9.25. The molecule has 0 aromatic heterocycles. The van der Waals surface area contributed by atoms with Crippen LogP contribution in [0.15, 0.2) is 56.6 Å². The van der Waals surface area contributed by atoms with Crippen LogP contribution in [0, 0.1) is 11.8 Å². The molecule has 0 bridgehead atoms. The molecule has 2 aliphatic heterocycles. The number of carbonyl (C=O) groups is 2. The number of ketones is 2. The molecule has 0 amide bonds. The van der Waals surface area contributed by atoms with Crippen molar-refractivity contribution in [2.24, 2.45) is 26.8 Å². The number of nitrogens with zero attached hydrogens (tertiary/aromatic N) is 4. The maximum absolute atomic E-state index is 13.6. The summed E-state index contributed by atoms with van der Waals surface area (Å²) in [6.45, 7) is 10.8. The SMILES string of the molecule is CCN(CC)CCCC1C(=O)C2=NC(Cc3ccccc3)=NC2=C2C=NC(C)(C)C(=O)C21. The van der Waals surface area contributed by atoms with Crippen LogP contribution in [0.3, 0.4) is 0 Å². The number of hydrogen-bond acceptors (Lipinski definition) is 6. The lowest BCUT2D eigenvalue weighted by molar-refractivity contribution is -0.131. The van der Waals surface area contributed by atoms with Crippen molar-refractivity contribution in [1.82, 2.24) is 4.90 Å². The Balaban J connectivity index is 1.67. The zero-order chi connectivity index (χ0) is 22.9. The Bertz CT molecular complexity index is 1030. The number of carbonyl (C=O) groups excluding carboxylic acids is 2. The van der Waals surface area contributed by atoms with E-state index in [1.807, 2.05) is 44.2 Å². The molecule has 4 rings (SSSR count). The third kappa shape index (κ3) is 4.16. The highest BCUT2D eigenvalue weighted by molar-refractivity contribution is 6.51. The van der Waals surface area contributed by atoms with Crippen molar-refractivity contribution in [3.8, 4) is 0 Å². The van der Waals surface area contributed by atoms with Crippen LogP contribution in [0.4, 0.5) is 0 Å². The predicted molar refractivity (Wildman–Crippen MR) is 129 cm³/mol. The molecule has 2 heterocycles. The lowest BCUT2D eigenvalue weighted by Gasteiger charge is -2.37. The molecular formula is C26H32N4O2. The molecular weight excluding hydrogens is 400 g/mol. The van der Waals surface area contributed by atoms with Crippen molar-refractivity contribution in [3.05, 3.63) is 47.2 Å². The van der Waals surface area contributed by atoms with Crippen molar-refractivity contribution >= 4 is 29.3 Å². The number of aliphatic imine (C=N–C) groups is 3. The first-order chi connectivity index (χ1) is 15.4. The number of hydrogen-bond donors (Lipinski definition) is 0. The van der Waals surface area contributed by atoms with Crippen molar-refractivity contribution < 1.29 is 9.59 Å². The Hall–Kier alpha value is -2.73. The minimum Gasteiger partial charge on any atom is -0.304 e. The van der Waals surface area contributed by atoms with Gasteiger partial charge in [-0.2, -0.15) is 0 Å². The smallest absolute Gasteiger partial charge is 0.187 e. The molecule has 2 atom stereocenters. The summed E-state index contributed by atoms with van der Waals surface area (Å²) in [5.41, 5.74) is 2.00. The predicted octanol–water partition coefficient (Wildman–Crippen LogP) is 3.71. The van der Waals surface area contributed by atoms with Crippen LogP contribution in [0.25, 0.3) is 0 Å². The fraction of sp³-hybridized carbons (Fsp3) is 0.500. The highest BCUT2D eigenvalue weighted by Crippen LogP contribution is 2.41.